The molecule has 3 aromatic rings. The number of aromatic nitrogens is 3. The second kappa shape index (κ2) is 7.06. The van der Waals surface area contributed by atoms with Crippen LogP contribution >= 0.6 is 0 Å². The van der Waals surface area contributed by atoms with Gasteiger partial charge in [-0.25, -0.2) is 4.98 Å². The van der Waals surface area contributed by atoms with E-state index in [0.717, 1.165) is 30.2 Å². The Morgan fingerprint density at radius 2 is 2.12 bits per heavy atom. The number of anilines is 1. The van der Waals surface area contributed by atoms with Gasteiger partial charge in [-0.2, -0.15) is 4.98 Å². The summed E-state index contributed by atoms with van der Waals surface area (Å²) in [7, 11) is 0. The summed E-state index contributed by atoms with van der Waals surface area (Å²) < 4.78 is 11.0. The molecule has 7 nitrogen and oxygen atoms in total. The Morgan fingerprint density at radius 3 is 2.84 bits per heavy atom. The Hall–Kier alpha value is -2.67. The van der Waals surface area contributed by atoms with E-state index in [9.17, 15) is 0 Å². The molecule has 25 heavy (non-hydrogen) atoms. The molecule has 0 aromatic carbocycles. The number of hydrogen-bond acceptors (Lipinski definition) is 7. The lowest BCUT2D eigenvalue weighted by Gasteiger charge is -2.26. The summed E-state index contributed by atoms with van der Waals surface area (Å²) in [6.45, 7) is 4.68. The van der Waals surface area contributed by atoms with Crippen molar-refractivity contribution in [2.45, 2.75) is 25.8 Å². The molecule has 0 spiro atoms. The molecule has 0 radical (unpaired) electrons. The van der Waals surface area contributed by atoms with Crippen molar-refractivity contribution in [3.05, 3.63) is 48.3 Å². The molecular weight excluding hydrogens is 318 g/mol. The van der Waals surface area contributed by atoms with Crippen LogP contribution < -0.4 is 5.32 Å². The summed E-state index contributed by atoms with van der Waals surface area (Å²) in [5.74, 6) is 2.79. The number of nitrogens with one attached hydrogen (secondary N) is 1. The van der Waals surface area contributed by atoms with Gasteiger partial charge in [0.25, 0.3) is 5.89 Å². The molecule has 130 valence electrons. The maximum atomic E-state index is 5.67. The van der Waals surface area contributed by atoms with E-state index in [-0.39, 0.29) is 6.04 Å². The topological polar surface area (TPSA) is 80.2 Å². The van der Waals surface area contributed by atoms with Gasteiger partial charge in [0.15, 0.2) is 5.82 Å². The molecule has 0 aliphatic carbocycles. The van der Waals surface area contributed by atoms with Crippen LogP contribution in [-0.4, -0.2) is 39.7 Å². The van der Waals surface area contributed by atoms with Crippen LogP contribution in [0.5, 0.6) is 0 Å². The molecule has 1 aliphatic heterocycles. The molecule has 7 heteroatoms. The van der Waals surface area contributed by atoms with E-state index >= 15 is 0 Å². The maximum Gasteiger partial charge on any atom is 0.261 e. The zero-order chi connectivity index (χ0) is 17.1. The van der Waals surface area contributed by atoms with Crippen molar-refractivity contribution in [1.82, 2.24) is 20.0 Å². The summed E-state index contributed by atoms with van der Waals surface area (Å²) in [5.41, 5.74) is 0.808. The van der Waals surface area contributed by atoms with Gasteiger partial charge in [-0.3, -0.25) is 4.90 Å². The Morgan fingerprint density at radius 1 is 1.24 bits per heavy atom. The number of furan rings is 1. The Balaban J connectivity index is 1.55. The molecule has 4 heterocycles. The van der Waals surface area contributed by atoms with Crippen LogP contribution in [0, 0.1) is 6.92 Å². The summed E-state index contributed by atoms with van der Waals surface area (Å²) in [6.07, 6.45) is 5.94. The van der Waals surface area contributed by atoms with Gasteiger partial charge < -0.3 is 14.3 Å². The second-order valence-corrected chi connectivity index (χ2v) is 6.20. The lowest BCUT2D eigenvalue weighted by Crippen LogP contribution is -2.31. The molecule has 0 unspecified atom stereocenters. The SMILES string of the molecule is Cc1noc(-c2cccnc2NC[C@H](c2ccco2)N2CCCC2)n1. The highest BCUT2D eigenvalue weighted by atomic mass is 16.5. The highest BCUT2D eigenvalue weighted by Crippen LogP contribution is 2.28. The third-order valence-electron chi connectivity index (χ3n) is 4.48. The van der Waals surface area contributed by atoms with E-state index in [1.165, 1.54) is 12.8 Å². The number of hydrogen-bond donors (Lipinski definition) is 1. The minimum absolute atomic E-state index is 0.178. The van der Waals surface area contributed by atoms with Gasteiger partial charge in [0, 0.05) is 12.7 Å². The highest BCUT2D eigenvalue weighted by molar-refractivity contribution is 5.68. The molecule has 1 aliphatic rings. The molecule has 4 rings (SSSR count). The van der Waals surface area contributed by atoms with Crippen LogP contribution in [0.15, 0.2) is 45.7 Å². The van der Waals surface area contributed by atoms with Crippen molar-refractivity contribution in [2.75, 3.05) is 25.0 Å². The third kappa shape index (κ3) is 3.41. The minimum Gasteiger partial charge on any atom is -0.468 e. The van der Waals surface area contributed by atoms with Crippen LogP contribution in [0.25, 0.3) is 11.5 Å². The van der Waals surface area contributed by atoms with Crippen molar-refractivity contribution >= 4 is 5.82 Å². The third-order valence-corrected chi connectivity index (χ3v) is 4.48. The molecule has 1 atom stereocenters. The van der Waals surface area contributed by atoms with Crippen LogP contribution in [0.2, 0.25) is 0 Å². The number of likely N-dealkylation sites (tertiary alicyclic amines) is 1. The summed E-state index contributed by atoms with van der Waals surface area (Å²) in [6, 6.07) is 7.94. The van der Waals surface area contributed by atoms with E-state index in [4.69, 9.17) is 8.94 Å². The van der Waals surface area contributed by atoms with Crippen LogP contribution in [0.4, 0.5) is 5.82 Å². The van der Waals surface area contributed by atoms with Crippen molar-refractivity contribution in [1.29, 1.82) is 0 Å². The maximum absolute atomic E-state index is 5.67. The predicted octanol–water partition coefficient (Wildman–Crippen LogP) is 3.28. The molecule has 0 amide bonds. The fraction of sp³-hybridized carbons (Fsp3) is 0.389. The number of pyridine rings is 1. The molecule has 3 aromatic heterocycles. The van der Waals surface area contributed by atoms with Gasteiger partial charge in [0.05, 0.1) is 17.9 Å². The van der Waals surface area contributed by atoms with Crippen molar-refractivity contribution in [2.24, 2.45) is 0 Å². The molecule has 0 saturated carbocycles. The second-order valence-electron chi connectivity index (χ2n) is 6.20. The quantitative estimate of drug-likeness (QED) is 0.738. The Bertz CT molecular complexity index is 809. The number of aryl methyl sites for hydroxylation is 1. The van der Waals surface area contributed by atoms with Gasteiger partial charge in [0.2, 0.25) is 0 Å². The Labute approximate surface area is 146 Å². The van der Waals surface area contributed by atoms with E-state index in [0.29, 0.717) is 18.3 Å². The molecule has 1 fully saturated rings. The monoisotopic (exact) mass is 339 g/mol. The first-order valence-corrected chi connectivity index (χ1v) is 8.58. The van der Waals surface area contributed by atoms with E-state index in [1.54, 1.807) is 19.4 Å². The smallest absolute Gasteiger partial charge is 0.261 e. The first-order chi connectivity index (χ1) is 12.3. The lowest BCUT2D eigenvalue weighted by atomic mass is 10.2. The molecular formula is C18H21N5O2. The highest BCUT2D eigenvalue weighted by Gasteiger charge is 2.26. The minimum atomic E-state index is 0.178. The fourth-order valence-corrected chi connectivity index (χ4v) is 3.26. The Kier molecular flexibility index (Phi) is 4.47. The van der Waals surface area contributed by atoms with Gasteiger partial charge in [-0.1, -0.05) is 5.16 Å². The zero-order valence-electron chi connectivity index (χ0n) is 14.2. The van der Waals surface area contributed by atoms with Crippen molar-refractivity contribution < 1.29 is 8.94 Å². The van der Waals surface area contributed by atoms with E-state index in [2.05, 4.69) is 25.3 Å². The van der Waals surface area contributed by atoms with Crippen LogP contribution in [0.3, 0.4) is 0 Å². The largest absolute Gasteiger partial charge is 0.468 e. The number of rotatable bonds is 6. The van der Waals surface area contributed by atoms with Gasteiger partial charge in [-0.05, 0) is 57.1 Å². The van der Waals surface area contributed by atoms with Gasteiger partial charge in [0.1, 0.15) is 11.6 Å². The van der Waals surface area contributed by atoms with Gasteiger partial charge >= 0.3 is 0 Å². The van der Waals surface area contributed by atoms with E-state index < -0.39 is 0 Å². The molecule has 1 N–H and O–H groups in total. The fourth-order valence-electron chi connectivity index (χ4n) is 3.26. The van der Waals surface area contributed by atoms with Crippen molar-refractivity contribution in [3.8, 4) is 11.5 Å². The summed E-state index contributed by atoms with van der Waals surface area (Å²) >= 11 is 0. The van der Waals surface area contributed by atoms with E-state index in [1.807, 2.05) is 24.3 Å². The predicted molar refractivity (Wildman–Crippen MR) is 93.0 cm³/mol. The van der Waals surface area contributed by atoms with Crippen LogP contribution in [0.1, 0.15) is 30.5 Å². The summed E-state index contributed by atoms with van der Waals surface area (Å²) in [5, 5.41) is 7.31. The van der Waals surface area contributed by atoms with Crippen molar-refractivity contribution in [3.63, 3.8) is 0 Å². The first-order valence-electron chi connectivity index (χ1n) is 8.58. The normalized spacial score (nSPS) is 16.2. The standard InChI is InChI=1S/C18H21N5O2/c1-13-21-18(25-22-13)14-6-4-8-19-17(14)20-12-15(16-7-5-11-24-16)23-9-2-3-10-23/h4-8,11,15H,2-3,9-10,12H2,1H3,(H,19,20)/t15-/m1/s1. The molecule has 0 bridgehead atoms. The van der Waals surface area contributed by atoms with Gasteiger partial charge in [-0.15, -0.1) is 0 Å². The first kappa shape index (κ1) is 15.8. The van der Waals surface area contributed by atoms with Crippen LogP contribution in [-0.2, 0) is 0 Å². The number of nitrogens with zero attached hydrogens (tertiary/aromatic N) is 4. The lowest BCUT2D eigenvalue weighted by molar-refractivity contribution is 0.225. The zero-order valence-corrected chi connectivity index (χ0v) is 14.2. The average Bonchev–Trinajstić information content (AvgIpc) is 3.38. The summed E-state index contributed by atoms with van der Waals surface area (Å²) in [4.78, 5) is 11.2. The molecule has 1 saturated heterocycles. The average molecular weight is 339 g/mol.